The van der Waals surface area contributed by atoms with E-state index in [-0.39, 0.29) is 39.3 Å². The monoisotopic (exact) mass is 274 g/mol. The molecule has 3 aliphatic rings. The van der Waals surface area contributed by atoms with Crippen LogP contribution < -0.4 is 0 Å². The minimum Gasteiger partial charge on any atom is -0.241 e. The molecule has 10 heteroatoms. The highest BCUT2D eigenvalue weighted by Crippen LogP contribution is 2.31. The van der Waals surface area contributed by atoms with Gasteiger partial charge >= 0.3 is 20.6 Å². The molecule has 8 nitrogen and oxygen atoms in total. The van der Waals surface area contributed by atoms with E-state index in [1.807, 2.05) is 0 Å². The van der Waals surface area contributed by atoms with Gasteiger partial charge in [0.05, 0.1) is 0 Å². The molecule has 3 heterocycles. The first-order chi connectivity index (χ1) is 7.12. The molecule has 2 bridgehead atoms. The van der Waals surface area contributed by atoms with Crippen LogP contribution in [0.4, 0.5) is 0 Å². The predicted molar refractivity (Wildman–Crippen MR) is 52.8 cm³/mol. The van der Waals surface area contributed by atoms with Gasteiger partial charge in [0.25, 0.3) is 0 Å². The summed E-state index contributed by atoms with van der Waals surface area (Å²) in [6.45, 7) is 0.0751. The van der Waals surface area contributed by atoms with Crippen LogP contribution in [0.5, 0.6) is 0 Å². The highest BCUT2D eigenvalue weighted by molar-refractivity contribution is 7.80. The van der Waals surface area contributed by atoms with E-state index in [4.69, 9.17) is 9.11 Å². The second kappa shape index (κ2) is 3.15. The van der Waals surface area contributed by atoms with E-state index in [1.54, 1.807) is 0 Å². The number of rotatable bonds is 2. The normalized spacial score (nSPS) is 39.9. The van der Waals surface area contributed by atoms with Crippen LogP contribution in [0.25, 0.3) is 0 Å². The van der Waals surface area contributed by atoms with Gasteiger partial charge in [-0.1, -0.05) is 0 Å². The lowest BCUT2D eigenvalue weighted by atomic mass is 10.2. The summed E-state index contributed by atoms with van der Waals surface area (Å²) in [4.78, 5) is 0. The lowest BCUT2D eigenvalue weighted by Gasteiger charge is -2.49. The number of fused-ring (bicyclic) bond motifs is 3. The Labute approximate surface area is 94.0 Å². The number of piperazine rings is 3. The van der Waals surface area contributed by atoms with Gasteiger partial charge in [0.15, 0.2) is 0 Å². The number of hydrogen-bond donors (Lipinski definition) is 2. The molecule has 3 saturated heterocycles. The van der Waals surface area contributed by atoms with Crippen LogP contribution in [0, 0.1) is 0 Å². The zero-order valence-corrected chi connectivity index (χ0v) is 10.1. The first-order valence-corrected chi connectivity index (χ1v) is 7.59. The van der Waals surface area contributed by atoms with Crippen molar-refractivity contribution in [2.24, 2.45) is 0 Å². The third kappa shape index (κ3) is 1.49. The van der Waals surface area contributed by atoms with Crippen LogP contribution in [0.15, 0.2) is 0 Å². The maximum absolute atomic E-state index is 11.2. The van der Waals surface area contributed by atoms with Crippen LogP contribution in [0.2, 0.25) is 0 Å². The summed E-state index contributed by atoms with van der Waals surface area (Å²) in [5, 5.41) is 0. The van der Waals surface area contributed by atoms with Crippen molar-refractivity contribution in [3.05, 3.63) is 0 Å². The molecule has 0 amide bonds. The van der Waals surface area contributed by atoms with Crippen molar-refractivity contribution >= 4 is 20.6 Å². The molecule has 16 heavy (non-hydrogen) atoms. The van der Waals surface area contributed by atoms with Crippen LogP contribution >= 0.6 is 0 Å². The zero-order valence-electron chi connectivity index (χ0n) is 8.48. The first kappa shape index (κ1) is 12.2. The number of hydrogen-bond acceptors (Lipinski definition) is 4. The standard InChI is InChI=1S/C6H12N2O6S2/c9-15(10,11)7-1-2-8(5-3-7,6-4-7)16(12,13)14/h1-6H2/p+2. The molecule has 0 radical (unpaired) electrons. The fourth-order valence-corrected chi connectivity index (χ4v) is 4.33. The van der Waals surface area contributed by atoms with Gasteiger partial charge in [0, 0.05) is 0 Å². The summed E-state index contributed by atoms with van der Waals surface area (Å²) < 4.78 is 62.2. The SMILES string of the molecule is O=S(=O)(O)[N+]12CC[N+](S(=O)(=O)O)(CC1)CC2. The van der Waals surface area contributed by atoms with Gasteiger partial charge in [-0.3, -0.25) is 0 Å². The Morgan fingerprint density at radius 1 is 0.625 bits per heavy atom. The van der Waals surface area contributed by atoms with Crippen molar-refractivity contribution in [1.29, 1.82) is 0 Å². The minimum absolute atomic E-state index is 0.0125. The Hall–Kier alpha value is -0.260. The average Bonchev–Trinajstić information content (AvgIpc) is 2.17. The smallest absolute Gasteiger partial charge is 0.241 e. The molecule has 0 aliphatic carbocycles. The van der Waals surface area contributed by atoms with Crippen molar-refractivity contribution in [3.63, 3.8) is 0 Å². The van der Waals surface area contributed by atoms with Gasteiger partial charge in [-0.15, -0.1) is 16.8 Å². The lowest BCUT2D eigenvalue weighted by molar-refractivity contribution is -0.976. The Balaban J connectivity index is 2.35. The molecule has 0 aromatic rings. The van der Waals surface area contributed by atoms with Crippen molar-refractivity contribution in [1.82, 2.24) is 0 Å². The van der Waals surface area contributed by atoms with Crippen LogP contribution in [0.1, 0.15) is 0 Å². The van der Waals surface area contributed by atoms with E-state index < -0.39 is 28.4 Å². The topological polar surface area (TPSA) is 109 Å². The molecule has 0 atom stereocenters. The summed E-state index contributed by atoms with van der Waals surface area (Å²) in [6.07, 6.45) is 0. The molecule has 0 aromatic heterocycles. The van der Waals surface area contributed by atoms with E-state index in [2.05, 4.69) is 0 Å². The van der Waals surface area contributed by atoms with Crippen molar-refractivity contribution < 1.29 is 33.7 Å². The molecule has 0 spiro atoms. The molecule has 94 valence electrons. The van der Waals surface area contributed by atoms with Crippen LogP contribution in [0.3, 0.4) is 0 Å². The van der Waals surface area contributed by atoms with Gasteiger partial charge < -0.3 is 0 Å². The van der Waals surface area contributed by atoms with Gasteiger partial charge in [-0.2, -0.15) is 7.78 Å². The molecular weight excluding hydrogens is 260 g/mol. The van der Waals surface area contributed by atoms with Crippen LogP contribution in [-0.4, -0.2) is 73.0 Å². The summed E-state index contributed by atoms with van der Waals surface area (Å²) >= 11 is 0. The Morgan fingerprint density at radius 2 is 0.812 bits per heavy atom. The summed E-state index contributed by atoms with van der Waals surface area (Å²) in [5.41, 5.74) is 0. The molecule has 0 saturated carbocycles. The second-order valence-corrected chi connectivity index (χ2v) is 7.69. The Bertz CT molecular complexity index is 437. The highest BCUT2D eigenvalue weighted by atomic mass is 32.2. The maximum atomic E-state index is 11.2. The summed E-state index contributed by atoms with van der Waals surface area (Å²) in [6, 6.07) is 0. The van der Waals surface area contributed by atoms with E-state index in [1.165, 1.54) is 0 Å². The lowest BCUT2D eigenvalue weighted by Crippen LogP contribution is -2.77. The molecule has 3 rings (SSSR count). The number of quaternary nitrogens is 2. The quantitative estimate of drug-likeness (QED) is 0.457. The molecule has 0 aromatic carbocycles. The fraction of sp³-hybridized carbons (Fsp3) is 1.00. The van der Waals surface area contributed by atoms with Crippen molar-refractivity contribution in [2.75, 3.05) is 39.3 Å². The molecule has 0 unspecified atom stereocenters. The van der Waals surface area contributed by atoms with Gasteiger partial charge in [-0.25, -0.2) is 9.11 Å². The summed E-state index contributed by atoms with van der Waals surface area (Å²) in [7, 11) is -8.44. The molecule has 3 aliphatic heterocycles. The Kier molecular flexibility index (Phi) is 2.40. The maximum Gasteiger partial charge on any atom is 0.433 e. The minimum atomic E-state index is -4.22. The Morgan fingerprint density at radius 3 is 0.938 bits per heavy atom. The van der Waals surface area contributed by atoms with Crippen molar-refractivity contribution in [3.8, 4) is 0 Å². The zero-order chi connectivity index (χ0) is 12.2. The third-order valence-corrected chi connectivity index (χ3v) is 6.78. The van der Waals surface area contributed by atoms with E-state index in [9.17, 15) is 16.8 Å². The highest BCUT2D eigenvalue weighted by Gasteiger charge is 2.60. The van der Waals surface area contributed by atoms with Crippen LogP contribution in [-0.2, 0) is 20.6 Å². The van der Waals surface area contributed by atoms with Gasteiger partial charge in [0.1, 0.15) is 39.3 Å². The largest absolute Gasteiger partial charge is 0.433 e. The van der Waals surface area contributed by atoms with Gasteiger partial charge in [0.2, 0.25) is 0 Å². The van der Waals surface area contributed by atoms with E-state index in [0.717, 1.165) is 0 Å². The first-order valence-electron chi connectivity index (χ1n) is 4.79. The second-order valence-electron chi connectivity index (χ2n) is 4.35. The third-order valence-electron chi connectivity index (χ3n) is 3.72. The molecule has 3 fully saturated rings. The van der Waals surface area contributed by atoms with Gasteiger partial charge in [-0.05, 0) is 0 Å². The molecular formula is C6H14N2O6S2+2. The fourth-order valence-electron chi connectivity index (χ4n) is 2.46. The molecule has 2 N–H and O–H groups in total. The van der Waals surface area contributed by atoms with Crippen molar-refractivity contribution in [2.45, 2.75) is 0 Å². The van der Waals surface area contributed by atoms with E-state index in [0.29, 0.717) is 0 Å². The predicted octanol–water partition coefficient (Wildman–Crippen LogP) is -1.75. The number of nitrogens with zero attached hydrogens (tertiary/aromatic N) is 2. The average molecular weight is 274 g/mol. The summed E-state index contributed by atoms with van der Waals surface area (Å²) in [5.74, 6) is 0. The van der Waals surface area contributed by atoms with E-state index >= 15 is 0 Å².